The van der Waals surface area contributed by atoms with Gasteiger partial charge in [0.15, 0.2) is 0 Å². The summed E-state index contributed by atoms with van der Waals surface area (Å²) in [6.07, 6.45) is 7.54. The van der Waals surface area contributed by atoms with E-state index in [0.717, 1.165) is 34.9 Å². The van der Waals surface area contributed by atoms with Crippen molar-refractivity contribution in [2.45, 2.75) is 58.9 Å². The van der Waals surface area contributed by atoms with Gasteiger partial charge in [0.2, 0.25) is 0 Å². The number of fused-ring (bicyclic) bond motifs is 3. The molecule has 4 heteroatoms. The van der Waals surface area contributed by atoms with Crippen LogP contribution in [0.1, 0.15) is 61.6 Å². The molecule has 0 aliphatic heterocycles. The molecule has 0 fully saturated rings. The minimum absolute atomic E-state index is 0.118. The molecule has 4 nitrogen and oxygen atoms in total. The van der Waals surface area contributed by atoms with Crippen LogP contribution >= 0.6 is 0 Å². The molecule has 0 radical (unpaired) electrons. The first-order chi connectivity index (χ1) is 12.1. The van der Waals surface area contributed by atoms with Gasteiger partial charge in [-0.2, -0.15) is 0 Å². The molecule has 0 atom stereocenters. The summed E-state index contributed by atoms with van der Waals surface area (Å²) in [6, 6.07) is 9.95. The van der Waals surface area contributed by atoms with Crippen molar-refractivity contribution in [1.29, 1.82) is 0 Å². The topological polar surface area (TPSA) is 55.1 Å². The lowest BCUT2D eigenvalue weighted by Gasteiger charge is -2.09. The Morgan fingerprint density at radius 2 is 1.80 bits per heavy atom. The Labute approximate surface area is 148 Å². The van der Waals surface area contributed by atoms with Gasteiger partial charge in [-0.3, -0.25) is 0 Å². The van der Waals surface area contributed by atoms with Gasteiger partial charge in [-0.1, -0.05) is 57.2 Å². The van der Waals surface area contributed by atoms with Crippen LogP contribution in [0.4, 0.5) is 0 Å². The van der Waals surface area contributed by atoms with Crippen LogP contribution in [0.15, 0.2) is 30.3 Å². The van der Waals surface area contributed by atoms with Gasteiger partial charge in [-0.05, 0) is 25.5 Å². The lowest BCUT2D eigenvalue weighted by Crippen LogP contribution is -2.04. The van der Waals surface area contributed by atoms with Crippen LogP contribution in [0, 0.1) is 6.92 Å². The first-order valence-electron chi connectivity index (χ1n) is 9.25. The van der Waals surface area contributed by atoms with Crippen molar-refractivity contribution < 1.29 is 9.90 Å². The van der Waals surface area contributed by atoms with Gasteiger partial charge in [0.1, 0.15) is 5.69 Å². The third-order valence-corrected chi connectivity index (χ3v) is 4.88. The normalized spacial score (nSPS) is 11.4. The standard InChI is InChI=1S/C21H26N2O2/c1-3-4-5-6-7-10-13-23-19-12-9-8-11-16(19)17-14-18(21(24)25)22-15(2)20(17)23/h8-9,11-12,14H,3-7,10,13H2,1-2H3,(H,24,25). The zero-order valence-corrected chi connectivity index (χ0v) is 15.1. The maximum absolute atomic E-state index is 11.4. The van der Waals surface area contributed by atoms with Gasteiger partial charge in [0.25, 0.3) is 0 Å². The molecule has 0 saturated heterocycles. The van der Waals surface area contributed by atoms with E-state index in [-0.39, 0.29) is 5.69 Å². The molecule has 0 aliphatic carbocycles. The maximum atomic E-state index is 11.4. The van der Waals surface area contributed by atoms with Gasteiger partial charge >= 0.3 is 5.97 Å². The second-order valence-electron chi connectivity index (χ2n) is 6.73. The average molecular weight is 338 g/mol. The summed E-state index contributed by atoms with van der Waals surface area (Å²) in [6.45, 7) is 5.09. The molecule has 1 N–H and O–H groups in total. The van der Waals surface area contributed by atoms with Gasteiger partial charge in [0.05, 0.1) is 11.2 Å². The first kappa shape index (κ1) is 17.5. The highest BCUT2D eigenvalue weighted by Crippen LogP contribution is 2.31. The van der Waals surface area contributed by atoms with E-state index in [2.05, 4.69) is 28.6 Å². The Hall–Kier alpha value is -2.36. The Morgan fingerprint density at radius 1 is 1.08 bits per heavy atom. The molecular formula is C21H26N2O2. The van der Waals surface area contributed by atoms with Crippen LogP contribution in [-0.4, -0.2) is 20.6 Å². The van der Waals surface area contributed by atoms with Crippen molar-refractivity contribution in [3.8, 4) is 0 Å². The molecule has 3 rings (SSSR count). The summed E-state index contributed by atoms with van der Waals surface area (Å²) in [5.41, 5.74) is 3.14. The van der Waals surface area contributed by atoms with Crippen molar-refractivity contribution in [3.63, 3.8) is 0 Å². The van der Waals surface area contributed by atoms with Crippen LogP contribution in [0.5, 0.6) is 0 Å². The molecule has 3 aromatic rings. The van der Waals surface area contributed by atoms with Crippen molar-refractivity contribution in [2.24, 2.45) is 0 Å². The second-order valence-corrected chi connectivity index (χ2v) is 6.73. The van der Waals surface area contributed by atoms with Gasteiger partial charge in [-0.15, -0.1) is 0 Å². The molecule has 2 aromatic heterocycles. The minimum Gasteiger partial charge on any atom is -0.477 e. The number of nitrogens with zero attached hydrogens (tertiary/aromatic N) is 2. The number of hydrogen-bond acceptors (Lipinski definition) is 2. The zero-order valence-electron chi connectivity index (χ0n) is 15.1. The Morgan fingerprint density at radius 3 is 2.56 bits per heavy atom. The first-order valence-corrected chi connectivity index (χ1v) is 9.25. The average Bonchev–Trinajstić information content (AvgIpc) is 2.92. The minimum atomic E-state index is -0.974. The zero-order chi connectivity index (χ0) is 17.8. The monoisotopic (exact) mass is 338 g/mol. The number of benzene rings is 1. The van der Waals surface area contributed by atoms with Gasteiger partial charge in [-0.25, -0.2) is 9.78 Å². The number of aryl methyl sites for hydroxylation is 2. The molecule has 2 heterocycles. The molecule has 0 bridgehead atoms. The molecular weight excluding hydrogens is 312 g/mol. The summed E-state index contributed by atoms with van der Waals surface area (Å²) in [7, 11) is 0. The summed E-state index contributed by atoms with van der Waals surface area (Å²) in [5, 5.41) is 11.4. The molecule has 0 saturated carbocycles. The molecule has 0 unspecified atom stereocenters. The number of para-hydroxylation sites is 1. The number of rotatable bonds is 8. The lowest BCUT2D eigenvalue weighted by atomic mass is 10.1. The van der Waals surface area contributed by atoms with Crippen LogP contribution < -0.4 is 0 Å². The number of hydrogen-bond donors (Lipinski definition) is 1. The summed E-state index contributed by atoms with van der Waals surface area (Å²) >= 11 is 0. The highest BCUT2D eigenvalue weighted by atomic mass is 16.4. The summed E-state index contributed by atoms with van der Waals surface area (Å²) in [4.78, 5) is 15.7. The van der Waals surface area contributed by atoms with Crippen molar-refractivity contribution in [2.75, 3.05) is 0 Å². The predicted molar refractivity (Wildman–Crippen MR) is 102 cm³/mol. The van der Waals surface area contributed by atoms with E-state index in [9.17, 15) is 9.90 Å². The van der Waals surface area contributed by atoms with Crippen molar-refractivity contribution >= 4 is 27.8 Å². The maximum Gasteiger partial charge on any atom is 0.354 e. The Bertz CT molecular complexity index is 896. The number of aromatic nitrogens is 2. The number of carboxylic acids is 1. The number of carbonyl (C=O) groups is 1. The number of aromatic carboxylic acids is 1. The Kier molecular flexibility index (Phi) is 5.37. The smallest absolute Gasteiger partial charge is 0.354 e. The summed E-state index contributed by atoms with van der Waals surface area (Å²) < 4.78 is 2.32. The fourth-order valence-corrected chi connectivity index (χ4v) is 3.66. The van der Waals surface area contributed by atoms with Gasteiger partial charge in [0, 0.05) is 22.8 Å². The van der Waals surface area contributed by atoms with Gasteiger partial charge < -0.3 is 9.67 Å². The second kappa shape index (κ2) is 7.68. The SMILES string of the molecule is CCCCCCCCn1c2ccccc2c2cc(C(=O)O)nc(C)c21. The van der Waals surface area contributed by atoms with E-state index in [1.807, 2.05) is 19.1 Å². The largest absolute Gasteiger partial charge is 0.477 e. The van der Waals surface area contributed by atoms with E-state index < -0.39 is 5.97 Å². The molecule has 0 spiro atoms. The van der Waals surface area contributed by atoms with Crippen molar-refractivity contribution in [3.05, 3.63) is 41.7 Å². The molecule has 1 aromatic carbocycles. The lowest BCUT2D eigenvalue weighted by molar-refractivity contribution is 0.0690. The Balaban J connectivity index is 1.97. The van der Waals surface area contributed by atoms with E-state index in [0.29, 0.717) is 0 Å². The fourth-order valence-electron chi connectivity index (χ4n) is 3.66. The van der Waals surface area contributed by atoms with Crippen LogP contribution in [0.2, 0.25) is 0 Å². The highest BCUT2D eigenvalue weighted by molar-refractivity contribution is 6.10. The van der Waals surface area contributed by atoms with E-state index >= 15 is 0 Å². The molecule has 25 heavy (non-hydrogen) atoms. The third kappa shape index (κ3) is 3.53. The third-order valence-electron chi connectivity index (χ3n) is 4.88. The number of carboxylic acid groups (broad SMARTS) is 1. The van der Waals surface area contributed by atoms with Crippen LogP contribution in [-0.2, 0) is 6.54 Å². The predicted octanol–water partition coefficient (Wildman–Crippen LogP) is 5.56. The quantitative estimate of drug-likeness (QED) is 0.547. The summed E-state index contributed by atoms with van der Waals surface area (Å²) in [5.74, 6) is -0.974. The van der Waals surface area contributed by atoms with Crippen LogP contribution in [0.25, 0.3) is 21.8 Å². The molecule has 0 amide bonds. The molecule has 132 valence electrons. The molecule has 0 aliphatic rings. The van der Waals surface area contributed by atoms with E-state index in [4.69, 9.17) is 0 Å². The van der Waals surface area contributed by atoms with Crippen molar-refractivity contribution in [1.82, 2.24) is 9.55 Å². The highest BCUT2D eigenvalue weighted by Gasteiger charge is 2.16. The van der Waals surface area contributed by atoms with Crippen LogP contribution in [0.3, 0.4) is 0 Å². The van der Waals surface area contributed by atoms with E-state index in [1.165, 1.54) is 37.6 Å². The van der Waals surface area contributed by atoms with E-state index in [1.54, 1.807) is 6.07 Å². The fraction of sp³-hybridized carbons (Fsp3) is 0.429. The number of unbranched alkanes of at least 4 members (excludes halogenated alkanes) is 5. The number of pyridine rings is 1.